The Morgan fingerprint density at radius 2 is 1.88 bits per heavy atom. The maximum absolute atomic E-state index is 11.2. The molecule has 0 saturated carbocycles. The quantitative estimate of drug-likeness (QED) is 0.431. The fraction of sp³-hybridized carbons (Fsp3) is 0.556. The summed E-state index contributed by atoms with van der Waals surface area (Å²) in [5.74, 6) is -3.20. The lowest BCUT2D eigenvalue weighted by molar-refractivity contribution is -0.142. The number of aliphatic carboxylic acids is 2. The highest BCUT2D eigenvalue weighted by atomic mass is 16.4. The molecule has 1 amide bonds. The van der Waals surface area contributed by atoms with Gasteiger partial charge in [0, 0.05) is 6.42 Å². The van der Waals surface area contributed by atoms with E-state index in [9.17, 15) is 14.4 Å². The Morgan fingerprint density at radius 1 is 1.29 bits per heavy atom. The van der Waals surface area contributed by atoms with Gasteiger partial charge in [-0.2, -0.15) is 5.26 Å². The third-order valence-electron chi connectivity index (χ3n) is 1.93. The molecule has 0 aliphatic carbocycles. The highest BCUT2D eigenvalue weighted by Crippen LogP contribution is 1.97. The van der Waals surface area contributed by atoms with E-state index in [1.165, 1.54) is 0 Å². The number of carbonyl (C=O) groups excluding carboxylic acids is 1. The number of hydrogen-bond donors (Lipinski definition) is 4. The van der Waals surface area contributed by atoms with Gasteiger partial charge in [0.15, 0.2) is 0 Å². The highest BCUT2D eigenvalue weighted by Gasteiger charge is 2.20. The van der Waals surface area contributed by atoms with Crippen molar-refractivity contribution in [3.63, 3.8) is 0 Å². The van der Waals surface area contributed by atoms with E-state index >= 15 is 0 Å². The van der Waals surface area contributed by atoms with E-state index in [0.29, 0.717) is 0 Å². The van der Waals surface area contributed by atoms with Crippen molar-refractivity contribution in [3.05, 3.63) is 0 Å². The number of nitrogens with zero attached hydrogens (tertiary/aromatic N) is 1. The summed E-state index contributed by atoms with van der Waals surface area (Å²) in [5, 5.41) is 27.5. The van der Waals surface area contributed by atoms with Crippen LogP contribution in [-0.4, -0.2) is 40.1 Å². The fourth-order valence-corrected chi connectivity index (χ4v) is 0.968. The van der Waals surface area contributed by atoms with Crippen LogP contribution in [0.3, 0.4) is 0 Å². The lowest BCUT2D eigenvalue weighted by Gasteiger charge is -2.11. The van der Waals surface area contributed by atoms with Crippen molar-refractivity contribution in [2.24, 2.45) is 5.73 Å². The van der Waals surface area contributed by atoms with E-state index in [1.807, 2.05) is 0 Å². The molecule has 0 bridgehead atoms. The van der Waals surface area contributed by atoms with E-state index in [-0.39, 0.29) is 19.3 Å². The Labute approximate surface area is 97.0 Å². The molecular formula is C9H13N3O5. The van der Waals surface area contributed by atoms with E-state index < -0.39 is 29.9 Å². The first kappa shape index (κ1) is 14.9. The molecular weight excluding hydrogens is 230 g/mol. The van der Waals surface area contributed by atoms with Crippen molar-refractivity contribution in [1.82, 2.24) is 5.32 Å². The lowest BCUT2D eigenvalue weighted by atomic mass is 10.1. The second-order valence-electron chi connectivity index (χ2n) is 3.30. The van der Waals surface area contributed by atoms with Crippen LogP contribution in [0, 0.1) is 11.3 Å². The monoisotopic (exact) mass is 243 g/mol. The normalized spacial score (nSPS) is 13.2. The van der Waals surface area contributed by atoms with E-state index in [1.54, 1.807) is 6.07 Å². The molecule has 0 radical (unpaired) electrons. The van der Waals surface area contributed by atoms with Crippen molar-refractivity contribution < 1.29 is 24.6 Å². The van der Waals surface area contributed by atoms with Crippen molar-refractivity contribution in [2.75, 3.05) is 0 Å². The van der Waals surface area contributed by atoms with Gasteiger partial charge in [-0.3, -0.25) is 9.59 Å². The van der Waals surface area contributed by atoms with Crippen LogP contribution in [0.4, 0.5) is 0 Å². The number of nitrogens with two attached hydrogens (primary N) is 1. The number of nitrogens with one attached hydrogen (secondary N) is 1. The molecule has 0 heterocycles. The molecule has 0 aromatic rings. The average molecular weight is 243 g/mol. The van der Waals surface area contributed by atoms with Gasteiger partial charge in [-0.25, -0.2) is 4.79 Å². The number of nitriles is 1. The summed E-state index contributed by atoms with van der Waals surface area (Å²) in [6.45, 7) is 0. The standard InChI is InChI=1S/C9H13N3O5/c10-4-3-6(9(16)17)12-7(13)2-1-5(11)8(14)15/h5-6H,1-3,11H2,(H,12,13)(H,14,15)(H,16,17)/t5-,6-/m0/s1. The molecule has 0 aliphatic heterocycles. The number of rotatable bonds is 7. The van der Waals surface area contributed by atoms with Gasteiger partial charge in [-0.05, 0) is 6.42 Å². The molecule has 0 saturated heterocycles. The molecule has 0 unspecified atom stereocenters. The smallest absolute Gasteiger partial charge is 0.327 e. The maximum atomic E-state index is 11.2. The molecule has 5 N–H and O–H groups in total. The van der Waals surface area contributed by atoms with Gasteiger partial charge in [-0.1, -0.05) is 0 Å². The maximum Gasteiger partial charge on any atom is 0.327 e. The Morgan fingerprint density at radius 3 is 2.29 bits per heavy atom. The van der Waals surface area contributed by atoms with Crippen LogP contribution in [0.5, 0.6) is 0 Å². The van der Waals surface area contributed by atoms with Crippen LogP contribution >= 0.6 is 0 Å². The largest absolute Gasteiger partial charge is 0.480 e. The first-order valence-corrected chi connectivity index (χ1v) is 4.76. The Balaban J connectivity index is 4.12. The molecule has 17 heavy (non-hydrogen) atoms. The Kier molecular flexibility index (Phi) is 6.28. The molecule has 0 fully saturated rings. The molecule has 0 spiro atoms. The van der Waals surface area contributed by atoms with Crippen molar-refractivity contribution in [1.29, 1.82) is 5.26 Å². The number of hydrogen-bond acceptors (Lipinski definition) is 5. The molecule has 0 rings (SSSR count). The minimum Gasteiger partial charge on any atom is -0.480 e. The number of carboxylic acids is 2. The number of carboxylic acid groups (broad SMARTS) is 2. The molecule has 94 valence electrons. The van der Waals surface area contributed by atoms with Crippen molar-refractivity contribution >= 4 is 17.8 Å². The Hall–Kier alpha value is -2.14. The van der Waals surface area contributed by atoms with Crippen LogP contribution in [0.25, 0.3) is 0 Å². The van der Waals surface area contributed by atoms with E-state index in [0.717, 1.165) is 0 Å². The average Bonchev–Trinajstić information content (AvgIpc) is 2.24. The topological polar surface area (TPSA) is 154 Å². The Bertz CT molecular complexity index is 349. The fourth-order valence-electron chi connectivity index (χ4n) is 0.968. The van der Waals surface area contributed by atoms with Crippen LogP contribution in [0.2, 0.25) is 0 Å². The van der Waals surface area contributed by atoms with Gasteiger partial charge in [0.05, 0.1) is 12.5 Å². The third-order valence-corrected chi connectivity index (χ3v) is 1.93. The van der Waals surface area contributed by atoms with Crippen molar-refractivity contribution in [3.8, 4) is 6.07 Å². The zero-order valence-electron chi connectivity index (χ0n) is 8.92. The first-order chi connectivity index (χ1) is 7.88. The van der Waals surface area contributed by atoms with Crippen molar-refractivity contribution in [2.45, 2.75) is 31.3 Å². The number of amides is 1. The summed E-state index contributed by atoms with van der Waals surface area (Å²) in [7, 11) is 0. The molecule has 0 aromatic carbocycles. The van der Waals surface area contributed by atoms with Gasteiger partial charge >= 0.3 is 11.9 Å². The molecule has 8 heteroatoms. The second-order valence-corrected chi connectivity index (χ2v) is 3.30. The zero-order valence-corrected chi connectivity index (χ0v) is 8.92. The zero-order chi connectivity index (χ0) is 13.4. The summed E-state index contributed by atoms with van der Waals surface area (Å²) >= 11 is 0. The van der Waals surface area contributed by atoms with Gasteiger partial charge in [0.1, 0.15) is 12.1 Å². The molecule has 8 nitrogen and oxygen atoms in total. The summed E-state index contributed by atoms with van der Waals surface area (Å²) in [6.07, 6.45) is -0.658. The SMILES string of the molecule is N#CC[C@H](NC(=O)CC[C@H](N)C(=O)O)C(=O)O. The second kappa shape index (κ2) is 7.19. The van der Waals surface area contributed by atoms with Gasteiger partial charge in [0.25, 0.3) is 0 Å². The predicted octanol–water partition coefficient (Wildman–Crippen LogP) is -1.34. The van der Waals surface area contributed by atoms with Crippen LogP contribution in [0.15, 0.2) is 0 Å². The van der Waals surface area contributed by atoms with Crippen LogP contribution in [0.1, 0.15) is 19.3 Å². The number of carbonyl (C=O) groups is 3. The summed E-state index contributed by atoms with van der Waals surface area (Å²) in [4.78, 5) is 32.2. The minimum atomic E-state index is -1.32. The third kappa shape index (κ3) is 6.11. The minimum absolute atomic E-state index is 0.0972. The van der Waals surface area contributed by atoms with E-state index in [2.05, 4.69) is 5.32 Å². The summed E-state index contributed by atoms with van der Waals surface area (Å²) in [6, 6.07) is -0.827. The van der Waals surface area contributed by atoms with Gasteiger partial charge in [-0.15, -0.1) is 0 Å². The predicted molar refractivity (Wildman–Crippen MR) is 54.6 cm³/mol. The van der Waals surface area contributed by atoms with Crippen LogP contribution < -0.4 is 11.1 Å². The van der Waals surface area contributed by atoms with Crippen LogP contribution in [-0.2, 0) is 14.4 Å². The highest BCUT2D eigenvalue weighted by molar-refractivity contribution is 5.84. The molecule has 0 aromatic heterocycles. The summed E-state index contributed by atoms with van der Waals surface area (Å²) < 4.78 is 0. The molecule has 0 aliphatic rings. The van der Waals surface area contributed by atoms with Gasteiger partial charge < -0.3 is 21.3 Å². The van der Waals surface area contributed by atoms with Gasteiger partial charge in [0.2, 0.25) is 5.91 Å². The first-order valence-electron chi connectivity index (χ1n) is 4.76. The molecule has 2 atom stereocenters. The van der Waals surface area contributed by atoms with E-state index in [4.69, 9.17) is 21.2 Å². The lowest BCUT2D eigenvalue weighted by Crippen LogP contribution is -2.41. The summed E-state index contributed by atoms with van der Waals surface area (Å²) in [5.41, 5.74) is 5.17.